The van der Waals surface area contributed by atoms with E-state index in [4.69, 9.17) is 18.9 Å². The van der Waals surface area contributed by atoms with E-state index in [9.17, 15) is 9.59 Å². The van der Waals surface area contributed by atoms with Gasteiger partial charge in [0.15, 0.2) is 11.5 Å². The van der Waals surface area contributed by atoms with Crippen LogP contribution < -0.4 is 23.8 Å². The predicted molar refractivity (Wildman–Crippen MR) is 140 cm³/mol. The van der Waals surface area contributed by atoms with Gasteiger partial charge in [-0.3, -0.25) is 14.5 Å². The molecular formula is C28H27NO6S. The van der Waals surface area contributed by atoms with Crippen LogP contribution >= 0.6 is 11.8 Å². The Morgan fingerprint density at radius 1 is 0.861 bits per heavy atom. The number of para-hydroxylation sites is 2. The van der Waals surface area contributed by atoms with Gasteiger partial charge in [0.05, 0.1) is 27.0 Å². The Morgan fingerprint density at radius 3 is 2.11 bits per heavy atom. The van der Waals surface area contributed by atoms with Crippen LogP contribution in [0, 0.1) is 0 Å². The molecule has 36 heavy (non-hydrogen) atoms. The van der Waals surface area contributed by atoms with Crippen LogP contribution in [0.5, 0.6) is 23.0 Å². The Bertz CT molecular complexity index is 1310. The molecular weight excluding hydrogens is 478 g/mol. The van der Waals surface area contributed by atoms with E-state index in [1.165, 1.54) is 25.6 Å². The van der Waals surface area contributed by atoms with Gasteiger partial charge in [-0.25, -0.2) is 0 Å². The molecule has 0 bridgehead atoms. The lowest BCUT2D eigenvalue weighted by Crippen LogP contribution is -2.42. The summed E-state index contributed by atoms with van der Waals surface area (Å²) in [5, 5.41) is 0. The van der Waals surface area contributed by atoms with E-state index < -0.39 is 10.8 Å². The van der Waals surface area contributed by atoms with Gasteiger partial charge in [-0.05, 0) is 42.0 Å². The van der Waals surface area contributed by atoms with E-state index in [-0.39, 0.29) is 5.91 Å². The van der Waals surface area contributed by atoms with E-state index in [1.807, 2.05) is 60.7 Å². The predicted octanol–water partition coefficient (Wildman–Crippen LogP) is 5.66. The lowest BCUT2D eigenvalue weighted by Gasteiger charge is -2.36. The van der Waals surface area contributed by atoms with Crippen LogP contribution in [0.4, 0.5) is 5.69 Å². The minimum absolute atomic E-state index is 0.153. The standard InChI is InChI=1S/C28H27NO6S/c1-18(30)29-22-11-7-9-13-26(22)36-28(29,21-10-6-8-12-23(21)35-19(2)31)15-14-20-16-24(32-3)27(34-5)25(17-20)33-4/h6-17H,1-5H3/b15-14+/t28-/m1/s1. The van der Waals surface area contributed by atoms with Crippen LogP contribution in [0.2, 0.25) is 0 Å². The van der Waals surface area contributed by atoms with Crippen LogP contribution in [-0.2, 0) is 14.5 Å². The molecule has 0 radical (unpaired) electrons. The Hall–Kier alpha value is -3.91. The molecule has 1 amide bonds. The Morgan fingerprint density at radius 2 is 1.50 bits per heavy atom. The van der Waals surface area contributed by atoms with Crippen molar-refractivity contribution in [2.24, 2.45) is 0 Å². The summed E-state index contributed by atoms with van der Waals surface area (Å²) in [5.41, 5.74) is 2.22. The second-order valence-electron chi connectivity index (χ2n) is 8.00. The first-order chi connectivity index (χ1) is 17.3. The van der Waals surface area contributed by atoms with Crippen molar-refractivity contribution in [1.82, 2.24) is 0 Å². The average Bonchev–Trinajstić information content (AvgIpc) is 3.22. The molecule has 1 aliphatic heterocycles. The number of carbonyl (C=O) groups excluding carboxylic acids is 2. The van der Waals surface area contributed by atoms with Crippen molar-refractivity contribution < 1.29 is 28.5 Å². The van der Waals surface area contributed by atoms with E-state index in [1.54, 1.807) is 38.4 Å². The SMILES string of the molecule is COc1cc(/C=C/[C@]2(c3ccccc3OC(C)=O)Sc3ccccc3N2C(C)=O)cc(OC)c1OC. The van der Waals surface area contributed by atoms with Crippen LogP contribution in [0.1, 0.15) is 25.0 Å². The first-order valence-electron chi connectivity index (χ1n) is 11.2. The van der Waals surface area contributed by atoms with E-state index in [0.717, 1.165) is 16.1 Å². The molecule has 1 aliphatic rings. The smallest absolute Gasteiger partial charge is 0.308 e. The maximum absolute atomic E-state index is 13.1. The molecule has 3 aromatic carbocycles. The first-order valence-corrected chi connectivity index (χ1v) is 12.0. The van der Waals surface area contributed by atoms with Crippen LogP contribution in [0.15, 0.2) is 71.6 Å². The number of anilines is 1. The molecule has 4 rings (SSSR count). The lowest BCUT2D eigenvalue weighted by molar-refractivity contribution is -0.131. The highest BCUT2D eigenvalue weighted by molar-refractivity contribution is 8.01. The van der Waals surface area contributed by atoms with Crippen molar-refractivity contribution in [2.45, 2.75) is 23.6 Å². The van der Waals surface area contributed by atoms with Gasteiger partial charge < -0.3 is 18.9 Å². The minimum Gasteiger partial charge on any atom is -0.493 e. The van der Waals surface area contributed by atoms with Gasteiger partial charge in [0, 0.05) is 24.3 Å². The van der Waals surface area contributed by atoms with E-state index in [2.05, 4.69) is 0 Å². The summed E-state index contributed by atoms with van der Waals surface area (Å²) in [7, 11) is 4.67. The third kappa shape index (κ3) is 4.52. The van der Waals surface area contributed by atoms with Crippen molar-refractivity contribution >= 4 is 35.4 Å². The largest absolute Gasteiger partial charge is 0.493 e. The lowest BCUT2D eigenvalue weighted by atomic mass is 10.00. The van der Waals surface area contributed by atoms with Gasteiger partial charge in [-0.1, -0.05) is 48.2 Å². The minimum atomic E-state index is -1.03. The average molecular weight is 506 g/mol. The summed E-state index contributed by atoms with van der Waals surface area (Å²) in [4.78, 5) is 26.7. The maximum Gasteiger partial charge on any atom is 0.308 e. The first kappa shape index (κ1) is 25.2. The quantitative estimate of drug-likeness (QED) is 0.303. The molecule has 8 heteroatoms. The highest BCUT2D eigenvalue weighted by Gasteiger charge is 2.48. The number of benzene rings is 3. The second-order valence-corrected chi connectivity index (χ2v) is 9.27. The number of nitrogens with zero attached hydrogens (tertiary/aromatic N) is 1. The molecule has 186 valence electrons. The summed E-state index contributed by atoms with van der Waals surface area (Å²) in [6.45, 7) is 2.88. The number of ether oxygens (including phenoxy) is 4. The number of hydrogen-bond acceptors (Lipinski definition) is 7. The summed E-state index contributed by atoms with van der Waals surface area (Å²) >= 11 is 1.50. The molecule has 0 unspecified atom stereocenters. The number of carbonyl (C=O) groups is 2. The zero-order valence-electron chi connectivity index (χ0n) is 20.7. The maximum atomic E-state index is 13.1. The molecule has 7 nitrogen and oxygen atoms in total. The van der Waals surface area contributed by atoms with Crippen LogP contribution in [0.25, 0.3) is 6.08 Å². The molecule has 0 saturated carbocycles. The fourth-order valence-electron chi connectivity index (χ4n) is 4.31. The van der Waals surface area contributed by atoms with Crippen molar-refractivity contribution in [3.05, 3.63) is 77.9 Å². The molecule has 1 heterocycles. The molecule has 0 spiro atoms. The number of fused-ring (bicyclic) bond motifs is 1. The van der Waals surface area contributed by atoms with Crippen molar-refractivity contribution in [1.29, 1.82) is 0 Å². The molecule has 0 aromatic heterocycles. The summed E-state index contributed by atoms with van der Waals surface area (Å²) in [6.07, 6.45) is 3.83. The third-order valence-corrected chi connectivity index (χ3v) is 7.15. The van der Waals surface area contributed by atoms with E-state index in [0.29, 0.717) is 28.6 Å². The second kappa shape index (κ2) is 10.4. The summed E-state index contributed by atoms with van der Waals surface area (Å²) in [6, 6.07) is 18.6. The Balaban J connectivity index is 1.94. The Kier molecular flexibility index (Phi) is 7.26. The zero-order valence-corrected chi connectivity index (χ0v) is 21.5. The zero-order chi connectivity index (χ0) is 25.9. The van der Waals surface area contributed by atoms with Crippen LogP contribution in [0.3, 0.4) is 0 Å². The van der Waals surface area contributed by atoms with Gasteiger partial charge in [-0.15, -0.1) is 0 Å². The number of rotatable bonds is 7. The van der Waals surface area contributed by atoms with Gasteiger partial charge >= 0.3 is 5.97 Å². The third-order valence-electron chi connectivity index (χ3n) is 5.73. The topological polar surface area (TPSA) is 74.3 Å². The fraction of sp³-hybridized carbons (Fsp3) is 0.214. The number of methoxy groups -OCH3 is 3. The van der Waals surface area contributed by atoms with Gasteiger partial charge in [0.1, 0.15) is 10.6 Å². The summed E-state index contributed by atoms with van der Waals surface area (Å²) in [5.74, 6) is 1.29. The highest BCUT2D eigenvalue weighted by Crippen LogP contribution is 2.58. The monoisotopic (exact) mass is 505 g/mol. The van der Waals surface area contributed by atoms with Crippen molar-refractivity contribution in [2.75, 3.05) is 26.2 Å². The number of thioether (sulfide) groups is 1. The van der Waals surface area contributed by atoms with Crippen molar-refractivity contribution in [3.8, 4) is 23.0 Å². The van der Waals surface area contributed by atoms with Gasteiger partial charge in [0.2, 0.25) is 11.7 Å². The molecule has 0 aliphatic carbocycles. The van der Waals surface area contributed by atoms with Crippen molar-refractivity contribution in [3.63, 3.8) is 0 Å². The summed E-state index contributed by atoms with van der Waals surface area (Å²) < 4.78 is 22.0. The molecule has 0 N–H and O–H groups in total. The van der Waals surface area contributed by atoms with Gasteiger partial charge in [0.25, 0.3) is 0 Å². The highest BCUT2D eigenvalue weighted by atomic mass is 32.2. The van der Waals surface area contributed by atoms with E-state index >= 15 is 0 Å². The molecule has 3 aromatic rings. The van der Waals surface area contributed by atoms with Gasteiger partial charge in [-0.2, -0.15) is 0 Å². The normalized spacial score (nSPS) is 16.5. The van der Waals surface area contributed by atoms with Crippen LogP contribution in [-0.4, -0.2) is 33.2 Å². The number of hydrogen-bond donors (Lipinski definition) is 0. The molecule has 1 atom stereocenters. The fourth-order valence-corrected chi connectivity index (χ4v) is 5.79. The number of amides is 1. The Labute approximate surface area is 214 Å². The number of esters is 1. The molecule has 0 fully saturated rings. The molecule has 0 saturated heterocycles.